The summed E-state index contributed by atoms with van der Waals surface area (Å²) in [5.74, 6) is 0. The van der Waals surface area contributed by atoms with Gasteiger partial charge in [0.25, 0.3) is 0 Å². The Hall–Kier alpha value is -1.45. The smallest absolute Gasteiger partial charge is 0.100 e. The largest absolute Gasteiger partial charge is 0.374 e. The van der Waals surface area contributed by atoms with Gasteiger partial charge < -0.3 is 9.47 Å². The lowest BCUT2D eigenvalue weighted by molar-refractivity contribution is 0.109. The molecule has 2 aliphatic rings. The van der Waals surface area contributed by atoms with Crippen molar-refractivity contribution in [1.82, 2.24) is 4.98 Å². The SMILES string of the molecule is c1cc(C2CCCO2)c2ccnc(C3CCCO3)c2c1. The van der Waals surface area contributed by atoms with Gasteiger partial charge in [-0.25, -0.2) is 0 Å². The van der Waals surface area contributed by atoms with E-state index in [1.165, 1.54) is 16.3 Å². The highest BCUT2D eigenvalue weighted by Crippen LogP contribution is 2.37. The Labute approximate surface area is 118 Å². The Morgan fingerprint density at radius 2 is 1.70 bits per heavy atom. The molecule has 2 aromatic rings. The van der Waals surface area contributed by atoms with Crippen LogP contribution in [0.15, 0.2) is 30.5 Å². The summed E-state index contributed by atoms with van der Waals surface area (Å²) in [6.07, 6.45) is 6.82. The Kier molecular flexibility index (Phi) is 3.17. The molecular weight excluding hydrogens is 250 g/mol. The minimum absolute atomic E-state index is 0.165. The van der Waals surface area contributed by atoms with Crippen LogP contribution in [0.4, 0.5) is 0 Å². The molecule has 1 aromatic heterocycles. The summed E-state index contributed by atoms with van der Waals surface area (Å²) in [4.78, 5) is 4.59. The number of nitrogens with zero attached hydrogens (tertiary/aromatic N) is 1. The van der Waals surface area contributed by atoms with E-state index in [1.807, 2.05) is 6.20 Å². The number of benzene rings is 1. The fraction of sp³-hybridized carbons (Fsp3) is 0.471. The van der Waals surface area contributed by atoms with E-state index < -0.39 is 0 Å². The molecule has 0 aliphatic carbocycles. The van der Waals surface area contributed by atoms with Crippen LogP contribution in [0.1, 0.15) is 49.1 Å². The molecule has 2 fully saturated rings. The van der Waals surface area contributed by atoms with Gasteiger partial charge in [-0.3, -0.25) is 4.98 Å². The van der Waals surface area contributed by atoms with Gasteiger partial charge >= 0.3 is 0 Å². The summed E-state index contributed by atoms with van der Waals surface area (Å²) in [6, 6.07) is 8.60. The first-order chi connectivity index (χ1) is 9.93. The van der Waals surface area contributed by atoms with Crippen LogP contribution >= 0.6 is 0 Å². The van der Waals surface area contributed by atoms with Crippen molar-refractivity contribution in [2.45, 2.75) is 37.9 Å². The number of rotatable bonds is 2. The maximum absolute atomic E-state index is 5.86. The van der Waals surface area contributed by atoms with Gasteiger partial charge in [-0.05, 0) is 42.7 Å². The van der Waals surface area contributed by atoms with Crippen LogP contribution in [0.2, 0.25) is 0 Å². The molecule has 3 heteroatoms. The molecule has 3 heterocycles. The van der Waals surface area contributed by atoms with E-state index in [2.05, 4.69) is 29.2 Å². The Morgan fingerprint density at radius 3 is 2.45 bits per heavy atom. The molecule has 3 nitrogen and oxygen atoms in total. The van der Waals surface area contributed by atoms with Crippen molar-refractivity contribution in [3.05, 3.63) is 41.7 Å². The molecule has 2 atom stereocenters. The third-order valence-corrected chi connectivity index (χ3v) is 4.38. The number of fused-ring (bicyclic) bond motifs is 1. The molecule has 20 heavy (non-hydrogen) atoms. The maximum Gasteiger partial charge on any atom is 0.100 e. The quantitative estimate of drug-likeness (QED) is 0.827. The number of ether oxygens (including phenoxy) is 2. The summed E-state index contributed by atoms with van der Waals surface area (Å²) in [5, 5.41) is 2.51. The van der Waals surface area contributed by atoms with Crippen LogP contribution < -0.4 is 0 Å². The molecule has 0 saturated carbocycles. The number of pyridine rings is 1. The van der Waals surface area contributed by atoms with E-state index in [1.54, 1.807) is 0 Å². The van der Waals surface area contributed by atoms with E-state index >= 15 is 0 Å². The Morgan fingerprint density at radius 1 is 0.900 bits per heavy atom. The minimum Gasteiger partial charge on any atom is -0.374 e. The van der Waals surface area contributed by atoms with Crippen LogP contribution in [0.3, 0.4) is 0 Å². The van der Waals surface area contributed by atoms with Crippen molar-refractivity contribution in [3.8, 4) is 0 Å². The van der Waals surface area contributed by atoms with Crippen molar-refractivity contribution >= 4 is 10.8 Å². The van der Waals surface area contributed by atoms with Gasteiger partial charge in [-0.1, -0.05) is 18.2 Å². The normalized spacial score (nSPS) is 26.4. The Balaban J connectivity index is 1.84. The second kappa shape index (κ2) is 5.15. The van der Waals surface area contributed by atoms with Gasteiger partial charge in [0.05, 0.1) is 11.8 Å². The van der Waals surface area contributed by atoms with Crippen LogP contribution in [-0.4, -0.2) is 18.2 Å². The third kappa shape index (κ3) is 2.02. The highest BCUT2D eigenvalue weighted by Gasteiger charge is 2.24. The van der Waals surface area contributed by atoms with Crippen molar-refractivity contribution in [2.75, 3.05) is 13.2 Å². The van der Waals surface area contributed by atoms with Gasteiger partial charge in [0.1, 0.15) is 6.10 Å². The lowest BCUT2D eigenvalue weighted by Gasteiger charge is -2.16. The highest BCUT2D eigenvalue weighted by molar-refractivity contribution is 5.88. The van der Waals surface area contributed by atoms with Gasteiger partial charge in [0.15, 0.2) is 0 Å². The molecule has 104 valence electrons. The monoisotopic (exact) mass is 269 g/mol. The molecule has 4 rings (SSSR count). The highest BCUT2D eigenvalue weighted by atomic mass is 16.5. The van der Waals surface area contributed by atoms with Crippen LogP contribution in [0.5, 0.6) is 0 Å². The first-order valence-electron chi connectivity index (χ1n) is 7.54. The molecular formula is C17H19NO2. The van der Waals surface area contributed by atoms with Crippen LogP contribution in [0.25, 0.3) is 10.8 Å². The maximum atomic E-state index is 5.86. The molecule has 0 amide bonds. The van der Waals surface area contributed by atoms with Gasteiger partial charge in [-0.15, -0.1) is 0 Å². The fourth-order valence-corrected chi connectivity index (χ4v) is 3.41. The van der Waals surface area contributed by atoms with E-state index in [4.69, 9.17) is 9.47 Å². The first-order valence-corrected chi connectivity index (χ1v) is 7.54. The van der Waals surface area contributed by atoms with Gasteiger partial charge in [-0.2, -0.15) is 0 Å². The summed E-state index contributed by atoms with van der Waals surface area (Å²) < 4.78 is 11.7. The van der Waals surface area contributed by atoms with Crippen LogP contribution in [0, 0.1) is 0 Å². The zero-order valence-corrected chi connectivity index (χ0v) is 11.5. The van der Waals surface area contributed by atoms with Crippen molar-refractivity contribution < 1.29 is 9.47 Å². The van der Waals surface area contributed by atoms with Gasteiger partial charge in [0, 0.05) is 24.8 Å². The minimum atomic E-state index is 0.165. The molecule has 0 spiro atoms. The fourth-order valence-electron chi connectivity index (χ4n) is 3.41. The van der Waals surface area contributed by atoms with Crippen molar-refractivity contribution in [3.63, 3.8) is 0 Å². The predicted molar refractivity (Wildman–Crippen MR) is 77.6 cm³/mol. The molecule has 2 aliphatic heterocycles. The lowest BCUT2D eigenvalue weighted by Crippen LogP contribution is -2.02. The predicted octanol–water partition coefficient (Wildman–Crippen LogP) is 3.94. The molecule has 0 radical (unpaired) electrons. The van der Waals surface area contributed by atoms with E-state index in [9.17, 15) is 0 Å². The van der Waals surface area contributed by atoms with Gasteiger partial charge in [0.2, 0.25) is 0 Å². The number of hydrogen-bond donors (Lipinski definition) is 0. The van der Waals surface area contributed by atoms with Crippen molar-refractivity contribution in [1.29, 1.82) is 0 Å². The molecule has 1 aromatic carbocycles. The summed E-state index contributed by atoms with van der Waals surface area (Å²) >= 11 is 0. The molecule has 2 saturated heterocycles. The topological polar surface area (TPSA) is 31.4 Å². The third-order valence-electron chi connectivity index (χ3n) is 4.38. The van der Waals surface area contributed by atoms with Crippen molar-refractivity contribution in [2.24, 2.45) is 0 Å². The first kappa shape index (κ1) is 12.3. The molecule has 0 N–H and O–H groups in total. The lowest BCUT2D eigenvalue weighted by atomic mass is 9.97. The number of aromatic nitrogens is 1. The average molecular weight is 269 g/mol. The average Bonchev–Trinajstić information content (AvgIpc) is 3.19. The van der Waals surface area contributed by atoms with E-state index in [-0.39, 0.29) is 12.2 Å². The zero-order valence-electron chi connectivity index (χ0n) is 11.5. The summed E-state index contributed by atoms with van der Waals surface area (Å²) in [7, 11) is 0. The Bertz CT molecular complexity index is 558. The zero-order chi connectivity index (χ0) is 13.4. The summed E-state index contributed by atoms with van der Waals surface area (Å²) in [5.41, 5.74) is 2.40. The molecule has 0 bridgehead atoms. The second-order valence-electron chi connectivity index (χ2n) is 5.64. The number of hydrogen-bond acceptors (Lipinski definition) is 3. The standard InChI is InChI=1S/C17H19NO2/c1-4-13(15-6-2-10-19-15)12-8-9-18-17(14(12)5-1)16-7-3-11-20-16/h1,4-5,8-9,15-16H,2-3,6-7,10-11H2. The van der Waals surface area contributed by atoms with E-state index in [0.29, 0.717) is 0 Å². The summed E-state index contributed by atoms with van der Waals surface area (Å²) in [6.45, 7) is 1.74. The second-order valence-corrected chi connectivity index (χ2v) is 5.64. The van der Waals surface area contributed by atoms with Crippen LogP contribution in [-0.2, 0) is 9.47 Å². The molecule has 2 unspecified atom stereocenters. The van der Waals surface area contributed by atoms with E-state index in [0.717, 1.165) is 44.6 Å².